The molecule has 0 atom stereocenters. The van der Waals surface area contributed by atoms with Crippen molar-refractivity contribution in [2.45, 2.75) is 27.7 Å². The molecule has 1 heteroatoms. The van der Waals surface area contributed by atoms with Gasteiger partial charge in [0.15, 0.2) is 0 Å². The monoisotopic (exact) mass is 191 g/mol. The first-order valence-corrected chi connectivity index (χ1v) is 4.99. The fourth-order valence-corrected chi connectivity index (χ4v) is 1.12. The summed E-state index contributed by atoms with van der Waals surface area (Å²) in [5.41, 5.74) is 2.44. The van der Waals surface area contributed by atoms with Gasteiger partial charge in [-0.1, -0.05) is 24.3 Å². The number of rotatable bonds is 4. The first-order chi connectivity index (χ1) is 6.67. The van der Waals surface area contributed by atoms with Crippen LogP contribution < -0.4 is 0 Å². The van der Waals surface area contributed by atoms with Gasteiger partial charge >= 0.3 is 0 Å². The average molecular weight is 191 g/mol. The van der Waals surface area contributed by atoms with Crippen molar-refractivity contribution in [3.05, 3.63) is 47.9 Å². The third kappa shape index (κ3) is 4.13. The van der Waals surface area contributed by atoms with E-state index in [1.165, 1.54) is 11.4 Å². The molecule has 78 valence electrons. The summed E-state index contributed by atoms with van der Waals surface area (Å²) in [6.07, 6.45) is 12.4. The van der Waals surface area contributed by atoms with E-state index in [4.69, 9.17) is 0 Å². The number of nitrogens with zero attached hydrogens (tertiary/aromatic N) is 1. The Morgan fingerprint density at radius 1 is 1.07 bits per heavy atom. The van der Waals surface area contributed by atoms with Crippen LogP contribution >= 0.6 is 0 Å². The van der Waals surface area contributed by atoms with E-state index in [-0.39, 0.29) is 0 Å². The highest BCUT2D eigenvalue weighted by Crippen LogP contribution is 2.11. The van der Waals surface area contributed by atoms with Gasteiger partial charge in [-0.25, -0.2) is 0 Å². The van der Waals surface area contributed by atoms with Crippen molar-refractivity contribution < 1.29 is 0 Å². The Kier molecular flexibility index (Phi) is 6.55. The highest BCUT2D eigenvalue weighted by molar-refractivity contribution is 5.22. The van der Waals surface area contributed by atoms with Crippen LogP contribution in [0, 0.1) is 0 Å². The van der Waals surface area contributed by atoms with E-state index >= 15 is 0 Å². The van der Waals surface area contributed by atoms with E-state index in [2.05, 4.69) is 56.2 Å². The summed E-state index contributed by atoms with van der Waals surface area (Å²) >= 11 is 0. The van der Waals surface area contributed by atoms with Gasteiger partial charge in [0, 0.05) is 18.4 Å². The van der Waals surface area contributed by atoms with E-state index in [0.717, 1.165) is 0 Å². The van der Waals surface area contributed by atoms with Crippen LogP contribution in [0.1, 0.15) is 27.7 Å². The molecule has 14 heavy (non-hydrogen) atoms. The Labute approximate surface area is 88.1 Å². The van der Waals surface area contributed by atoms with Crippen molar-refractivity contribution in [3.63, 3.8) is 0 Å². The van der Waals surface area contributed by atoms with Gasteiger partial charge in [0.25, 0.3) is 0 Å². The quantitative estimate of drug-likeness (QED) is 0.610. The summed E-state index contributed by atoms with van der Waals surface area (Å²) in [6, 6.07) is 0. The van der Waals surface area contributed by atoms with Crippen LogP contribution in [-0.2, 0) is 0 Å². The van der Waals surface area contributed by atoms with Crippen LogP contribution in [0.4, 0.5) is 0 Å². The molecular weight excluding hydrogens is 170 g/mol. The normalized spacial score (nSPS) is 14.4. The molecule has 0 aliphatic heterocycles. The number of allylic oxidation sites excluding steroid dienone is 7. The van der Waals surface area contributed by atoms with Crippen molar-refractivity contribution in [3.8, 4) is 0 Å². The van der Waals surface area contributed by atoms with E-state index < -0.39 is 0 Å². The predicted molar refractivity (Wildman–Crippen MR) is 64.9 cm³/mol. The first kappa shape index (κ1) is 12.8. The molecule has 0 bridgehead atoms. The summed E-state index contributed by atoms with van der Waals surface area (Å²) in [6.45, 7) is 8.20. The van der Waals surface area contributed by atoms with Crippen LogP contribution in [0.5, 0.6) is 0 Å². The second-order valence-corrected chi connectivity index (χ2v) is 3.11. The molecule has 0 aromatic heterocycles. The van der Waals surface area contributed by atoms with Gasteiger partial charge in [-0.15, -0.1) is 0 Å². The summed E-state index contributed by atoms with van der Waals surface area (Å²) < 4.78 is 0. The zero-order valence-electron chi connectivity index (χ0n) is 9.91. The topological polar surface area (TPSA) is 3.24 Å². The first-order valence-electron chi connectivity index (χ1n) is 4.99. The number of likely N-dealkylation sites (N-methyl/N-ethyl adjacent to an activating group) is 1. The molecule has 0 saturated carbocycles. The molecule has 0 aliphatic rings. The van der Waals surface area contributed by atoms with Crippen LogP contribution in [0.25, 0.3) is 0 Å². The van der Waals surface area contributed by atoms with Crippen molar-refractivity contribution >= 4 is 0 Å². The van der Waals surface area contributed by atoms with Gasteiger partial charge in [0.05, 0.1) is 0 Å². The molecule has 0 amide bonds. The fraction of sp³-hybridized carbons (Fsp3) is 0.385. The summed E-state index contributed by atoms with van der Waals surface area (Å²) in [5.74, 6) is 0. The molecular formula is C13H21N. The van der Waals surface area contributed by atoms with Crippen molar-refractivity contribution in [2.24, 2.45) is 0 Å². The highest BCUT2D eigenvalue weighted by atomic mass is 15.1. The lowest BCUT2D eigenvalue weighted by atomic mass is 10.3. The minimum absolute atomic E-state index is 1.21. The van der Waals surface area contributed by atoms with Crippen LogP contribution in [-0.4, -0.2) is 11.9 Å². The predicted octanol–water partition coefficient (Wildman–Crippen LogP) is 3.88. The standard InChI is InChI=1S/C13H21N/c1-6-9-11-12(4)14(5)13(8-3)10-7-2/h6-11H,1-5H3/b9-6-,10-7-,12-11+,13-8+. The Hall–Kier alpha value is -1.24. The van der Waals surface area contributed by atoms with Gasteiger partial charge in [-0.05, 0) is 39.8 Å². The second kappa shape index (κ2) is 7.19. The molecule has 0 fully saturated rings. The van der Waals surface area contributed by atoms with Gasteiger partial charge < -0.3 is 4.90 Å². The fourth-order valence-electron chi connectivity index (χ4n) is 1.12. The van der Waals surface area contributed by atoms with Gasteiger partial charge in [0.1, 0.15) is 0 Å². The molecule has 0 N–H and O–H groups in total. The average Bonchev–Trinajstić information content (AvgIpc) is 2.21. The molecule has 0 rings (SSSR count). The molecule has 0 aromatic rings. The van der Waals surface area contributed by atoms with Gasteiger partial charge in [-0.3, -0.25) is 0 Å². The minimum atomic E-state index is 1.21. The minimum Gasteiger partial charge on any atom is -0.349 e. The van der Waals surface area contributed by atoms with E-state index in [1.54, 1.807) is 0 Å². The van der Waals surface area contributed by atoms with Crippen LogP contribution in [0.2, 0.25) is 0 Å². The molecule has 0 spiro atoms. The Morgan fingerprint density at radius 3 is 2.14 bits per heavy atom. The van der Waals surface area contributed by atoms with Crippen molar-refractivity contribution in [1.29, 1.82) is 0 Å². The highest BCUT2D eigenvalue weighted by Gasteiger charge is 2.00. The molecule has 0 unspecified atom stereocenters. The molecule has 0 radical (unpaired) electrons. The van der Waals surface area contributed by atoms with E-state index in [0.29, 0.717) is 0 Å². The largest absolute Gasteiger partial charge is 0.349 e. The number of hydrogen-bond donors (Lipinski definition) is 0. The lowest BCUT2D eigenvalue weighted by Gasteiger charge is -2.20. The molecule has 0 aromatic carbocycles. The summed E-state index contributed by atoms with van der Waals surface area (Å²) in [5, 5.41) is 0. The maximum atomic E-state index is 2.17. The third-order valence-electron chi connectivity index (χ3n) is 2.08. The van der Waals surface area contributed by atoms with Gasteiger partial charge in [-0.2, -0.15) is 0 Å². The molecule has 1 nitrogen and oxygen atoms in total. The van der Waals surface area contributed by atoms with Crippen molar-refractivity contribution in [2.75, 3.05) is 7.05 Å². The molecule has 0 heterocycles. The summed E-state index contributed by atoms with van der Waals surface area (Å²) in [4.78, 5) is 2.17. The molecule has 0 saturated heterocycles. The second-order valence-electron chi connectivity index (χ2n) is 3.11. The zero-order chi connectivity index (χ0) is 11.0. The Balaban J connectivity index is 4.67. The Morgan fingerprint density at radius 2 is 1.71 bits per heavy atom. The van der Waals surface area contributed by atoms with Crippen LogP contribution in [0.3, 0.4) is 0 Å². The maximum Gasteiger partial charge on any atom is 0.0358 e. The smallest absolute Gasteiger partial charge is 0.0358 e. The van der Waals surface area contributed by atoms with Gasteiger partial charge in [0.2, 0.25) is 0 Å². The van der Waals surface area contributed by atoms with E-state index in [1.807, 2.05) is 19.9 Å². The maximum absolute atomic E-state index is 2.17. The Bertz CT molecular complexity index is 267. The summed E-state index contributed by atoms with van der Waals surface area (Å²) in [7, 11) is 2.07. The number of hydrogen-bond acceptors (Lipinski definition) is 1. The van der Waals surface area contributed by atoms with Crippen LogP contribution in [0.15, 0.2) is 47.9 Å². The zero-order valence-corrected chi connectivity index (χ0v) is 9.91. The third-order valence-corrected chi connectivity index (χ3v) is 2.08. The van der Waals surface area contributed by atoms with E-state index in [9.17, 15) is 0 Å². The van der Waals surface area contributed by atoms with Crippen molar-refractivity contribution in [1.82, 2.24) is 4.90 Å². The lowest BCUT2D eigenvalue weighted by molar-refractivity contribution is 0.536. The molecule has 0 aliphatic carbocycles. The lowest BCUT2D eigenvalue weighted by Crippen LogP contribution is -2.13. The SMILES string of the molecule is C/C=C\C=C(/C)N(C)C(/C=C\C)=C/C.